The first kappa shape index (κ1) is 12.5. The molecule has 94 valence electrons. The van der Waals surface area contributed by atoms with Crippen molar-refractivity contribution in [2.24, 2.45) is 12.8 Å². The van der Waals surface area contributed by atoms with Gasteiger partial charge in [0, 0.05) is 30.6 Å². The van der Waals surface area contributed by atoms with Crippen LogP contribution in [0.3, 0.4) is 0 Å². The number of aryl methyl sites for hydroxylation is 1. The topological polar surface area (TPSA) is 52.9 Å². The number of nitrogens with two attached hydrogens (primary N) is 1. The second kappa shape index (κ2) is 4.73. The number of rotatable bonds is 3. The van der Waals surface area contributed by atoms with Crippen LogP contribution in [0.4, 0.5) is 4.39 Å². The molecule has 0 aliphatic heterocycles. The second-order valence-corrected chi connectivity index (χ2v) is 4.43. The zero-order chi connectivity index (χ0) is 13.3. The van der Waals surface area contributed by atoms with Crippen molar-refractivity contribution in [3.8, 4) is 0 Å². The maximum atomic E-state index is 13.8. The number of nitrogens with zero attached hydrogens (tertiary/aromatic N) is 2. The summed E-state index contributed by atoms with van der Waals surface area (Å²) in [6.45, 7) is 0.184. The molecule has 0 fully saturated rings. The normalized spacial score (nSPS) is 10.6. The molecule has 0 aliphatic carbocycles. The average molecular weight is 265 g/mol. The molecule has 6 heteroatoms. The van der Waals surface area contributed by atoms with E-state index in [4.69, 9.17) is 18.0 Å². The molecule has 0 atom stereocenters. The van der Waals surface area contributed by atoms with Crippen molar-refractivity contribution in [2.75, 3.05) is 0 Å². The van der Waals surface area contributed by atoms with E-state index in [0.717, 1.165) is 0 Å². The third kappa shape index (κ3) is 2.33. The molecule has 0 saturated carbocycles. The van der Waals surface area contributed by atoms with Gasteiger partial charge in [0.1, 0.15) is 10.8 Å². The van der Waals surface area contributed by atoms with Gasteiger partial charge in [0.05, 0.1) is 6.54 Å². The van der Waals surface area contributed by atoms with E-state index in [0.29, 0.717) is 11.1 Å². The summed E-state index contributed by atoms with van der Waals surface area (Å²) in [6, 6.07) is 4.52. The highest BCUT2D eigenvalue weighted by molar-refractivity contribution is 7.80. The van der Waals surface area contributed by atoms with Gasteiger partial charge in [0.25, 0.3) is 0 Å². The zero-order valence-electron chi connectivity index (χ0n) is 9.76. The summed E-state index contributed by atoms with van der Waals surface area (Å²) in [6.07, 6.45) is 3.24. The first-order valence-corrected chi connectivity index (χ1v) is 5.70. The highest BCUT2D eigenvalue weighted by atomic mass is 32.1. The molecule has 2 N–H and O–H groups in total. The molecule has 0 unspecified atom stereocenters. The third-order valence-corrected chi connectivity index (χ3v) is 2.93. The van der Waals surface area contributed by atoms with Crippen LogP contribution in [0, 0.1) is 5.82 Å². The Kier molecular flexibility index (Phi) is 3.29. The molecule has 18 heavy (non-hydrogen) atoms. The first-order valence-electron chi connectivity index (χ1n) is 5.29. The smallest absolute Gasteiger partial charge is 0.328 e. The van der Waals surface area contributed by atoms with Crippen LogP contribution in [0.25, 0.3) is 0 Å². The lowest BCUT2D eigenvalue weighted by atomic mass is 10.1. The van der Waals surface area contributed by atoms with Crippen LogP contribution in [0.15, 0.2) is 35.4 Å². The Hall–Kier alpha value is -1.95. The minimum absolute atomic E-state index is 0.150. The van der Waals surface area contributed by atoms with Crippen LogP contribution in [-0.2, 0) is 13.6 Å². The molecule has 1 aromatic carbocycles. The monoisotopic (exact) mass is 265 g/mol. The average Bonchev–Trinajstić information content (AvgIpc) is 2.63. The van der Waals surface area contributed by atoms with Gasteiger partial charge in [0.15, 0.2) is 0 Å². The van der Waals surface area contributed by atoms with E-state index in [1.54, 1.807) is 31.6 Å². The van der Waals surface area contributed by atoms with Gasteiger partial charge < -0.3 is 10.3 Å². The molecule has 0 aliphatic rings. The number of aromatic nitrogens is 2. The van der Waals surface area contributed by atoms with Crippen molar-refractivity contribution >= 4 is 17.2 Å². The number of hydrogen-bond acceptors (Lipinski definition) is 2. The lowest BCUT2D eigenvalue weighted by Crippen LogP contribution is -2.22. The predicted molar refractivity (Wildman–Crippen MR) is 71.1 cm³/mol. The molecule has 2 aromatic rings. The van der Waals surface area contributed by atoms with Gasteiger partial charge in [-0.15, -0.1) is 0 Å². The fourth-order valence-corrected chi connectivity index (χ4v) is 1.77. The van der Waals surface area contributed by atoms with Gasteiger partial charge in [-0.1, -0.05) is 24.4 Å². The maximum Gasteiger partial charge on any atom is 0.328 e. The molecular weight excluding hydrogens is 253 g/mol. The van der Waals surface area contributed by atoms with Crippen LogP contribution < -0.4 is 11.4 Å². The highest BCUT2D eigenvalue weighted by Gasteiger charge is 2.07. The van der Waals surface area contributed by atoms with Gasteiger partial charge in [-0.25, -0.2) is 9.18 Å². The first-order chi connectivity index (χ1) is 8.49. The van der Waals surface area contributed by atoms with Crippen LogP contribution in [0.1, 0.15) is 11.1 Å². The van der Waals surface area contributed by atoms with Crippen molar-refractivity contribution in [1.82, 2.24) is 9.13 Å². The molecule has 1 aromatic heterocycles. The summed E-state index contributed by atoms with van der Waals surface area (Å²) < 4.78 is 16.7. The summed E-state index contributed by atoms with van der Waals surface area (Å²) in [4.78, 5) is 11.8. The molecule has 4 nitrogen and oxygen atoms in total. The van der Waals surface area contributed by atoms with Gasteiger partial charge in [-0.2, -0.15) is 0 Å². The lowest BCUT2D eigenvalue weighted by Gasteiger charge is -2.05. The fraction of sp³-hybridized carbons (Fsp3) is 0.167. The molecule has 0 amide bonds. The van der Waals surface area contributed by atoms with E-state index in [-0.39, 0.29) is 17.2 Å². The van der Waals surface area contributed by atoms with Crippen LogP contribution >= 0.6 is 12.2 Å². The molecular formula is C12H12FN3OS. The zero-order valence-corrected chi connectivity index (χ0v) is 10.6. The standard InChI is InChI=1S/C12H12FN3OS/c1-15-4-5-16(12(15)17)7-9-3-2-8(11(14)18)6-10(9)13/h2-6H,7H2,1H3,(H2,14,18). The maximum absolute atomic E-state index is 13.8. The SMILES string of the molecule is Cn1ccn(Cc2ccc(C(N)=S)cc2F)c1=O. The van der Waals surface area contributed by atoms with Gasteiger partial charge in [-0.3, -0.25) is 4.57 Å². The Bertz CT molecular complexity index is 660. The minimum atomic E-state index is -0.420. The number of benzene rings is 1. The molecule has 0 spiro atoms. The Morgan fingerprint density at radius 1 is 1.44 bits per heavy atom. The van der Waals surface area contributed by atoms with Crippen molar-refractivity contribution in [1.29, 1.82) is 0 Å². The van der Waals surface area contributed by atoms with Gasteiger partial charge >= 0.3 is 5.69 Å². The Balaban J connectivity index is 2.33. The summed E-state index contributed by atoms with van der Waals surface area (Å²) in [5.74, 6) is -0.420. The number of hydrogen-bond donors (Lipinski definition) is 1. The van der Waals surface area contributed by atoms with E-state index in [1.165, 1.54) is 15.2 Å². The highest BCUT2D eigenvalue weighted by Crippen LogP contribution is 2.11. The van der Waals surface area contributed by atoms with E-state index in [2.05, 4.69) is 0 Å². The summed E-state index contributed by atoms with van der Waals surface area (Å²) in [5, 5.41) is 0. The summed E-state index contributed by atoms with van der Waals surface area (Å²) >= 11 is 4.77. The summed E-state index contributed by atoms with van der Waals surface area (Å²) in [7, 11) is 1.64. The predicted octanol–water partition coefficient (Wildman–Crippen LogP) is 1.01. The third-order valence-electron chi connectivity index (χ3n) is 2.70. The quantitative estimate of drug-likeness (QED) is 0.843. The van der Waals surface area contributed by atoms with Crippen molar-refractivity contribution in [2.45, 2.75) is 6.54 Å². The van der Waals surface area contributed by atoms with Crippen molar-refractivity contribution in [3.63, 3.8) is 0 Å². The number of thiocarbonyl (C=S) groups is 1. The van der Waals surface area contributed by atoms with Crippen molar-refractivity contribution < 1.29 is 4.39 Å². The van der Waals surface area contributed by atoms with Crippen LogP contribution in [0.2, 0.25) is 0 Å². The molecule has 0 radical (unpaired) electrons. The largest absolute Gasteiger partial charge is 0.389 e. The Morgan fingerprint density at radius 2 is 2.17 bits per heavy atom. The minimum Gasteiger partial charge on any atom is -0.389 e. The Labute approximate surface area is 108 Å². The van der Waals surface area contributed by atoms with E-state index in [1.807, 2.05) is 0 Å². The second-order valence-electron chi connectivity index (χ2n) is 3.99. The van der Waals surface area contributed by atoms with Gasteiger partial charge in [0.2, 0.25) is 0 Å². The lowest BCUT2D eigenvalue weighted by molar-refractivity contribution is 0.593. The molecule has 0 saturated heterocycles. The van der Waals surface area contributed by atoms with Crippen molar-refractivity contribution in [3.05, 3.63) is 58.0 Å². The summed E-state index contributed by atoms with van der Waals surface area (Å²) in [5.41, 5.74) is 6.13. The molecule has 0 bridgehead atoms. The molecule has 2 rings (SSSR count). The number of imidazole rings is 1. The molecule has 1 heterocycles. The number of halogens is 1. The van der Waals surface area contributed by atoms with E-state index in [9.17, 15) is 9.18 Å². The van der Waals surface area contributed by atoms with Crippen LogP contribution in [-0.4, -0.2) is 14.1 Å². The Morgan fingerprint density at radius 3 is 2.67 bits per heavy atom. The fourth-order valence-electron chi connectivity index (χ4n) is 1.64. The van der Waals surface area contributed by atoms with Gasteiger partial charge in [-0.05, 0) is 6.07 Å². The van der Waals surface area contributed by atoms with E-state index >= 15 is 0 Å². The van der Waals surface area contributed by atoms with E-state index < -0.39 is 5.82 Å². The van der Waals surface area contributed by atoms with Crippen LogP contribution in [0.5, 0.6) is 0 Å².